The second-order valence-electron chi connectivity index (χ2n) is 7.53. The number of benzene rings is 3. The van der Waals surface area contributed by atoms with Gasteiger partial charge in [0.05, 0.1) is 11.1 Å². The van der Waals surface area contributed by atoms with E-state index in [1.165, 1.54) is 15.8 Å². The molecular weight excluding hydrogens is 388 g/mol. The van der Waals surface area contributed by atoms with E-state index in [0.717, 1.165) is 22.2 Å². The van der Waals surface area contributed by atoms with Gasteiger partial charge in [0, 0.05) is 16.5 Å². The van der Waals surface area contributed by atoms with Crippen LogP contribution in [0, 0.1) is 13.8 Å². The summed E-state index contributed by atoms with van der Waals surface area (Å²) in [6.45, 7) is 4.24. The van der Waals surface area contributed by atoms with E-state index in [1.54, 1.807) is 0 Å². The van der Waals surface area contributed by atoms with Crippen LogP contribution in [0.15, 0.2) is 82.1 Å². The number of hydrogen-bond acceptors (Lipinski definition) is 5. The first kappa shape index (κ1) is 18.9. The lowest BCUT2D eigenvalue weighted by Crippen LogP contribution is -2.24. The van der Waals surface area contributed by atoms with E-state index < -0.39 is 0 Å². The molecule has 0 bridgehead atoms. The van der Waals surface area contributed by atoms with Crippen molar-refractivity contribution in [3.8, 4) is 22.6 Å². The van der Waals surface area contributed by atoms with E-state index in [-0.39, 0.29) is 12.1 Å². The van der Waals surface area contributed by atoms with Gasteiger partial charge >= 0.3 is 0 Å². The first-order valence-electron chi connectivity index (χ1n) is 10.1. The van der Waals surface area contributed by atoms with Crippen molar-refractivity contribution in [2.75, 3.05) is 0 Å². The normalized spacial score (nSPS) is 11.2. The molecule has 0 saturated carbocycles. The highest BCUT2D eigenvalue weighted by Crippen LogP contribution is 2.26. The maximum atomic E-state index is 13.1. The third kappa shape index (κ3) is 3.53. The van der Waals surface area contributed by atoms with Crippen molar-refractivity contribution in [1.29, 1.82) is 0 Å². The zero-order valence-electron chi connectivity index (χ0n) is 17.2. The lowest BCUT2D eigenvalue weighted by atomic mass is 10.0. The fourth-order valence-corrected chi connectivity index (χ4v) is 3.60. The summed E-state index contributed by atoms with van der Waals surface area (Å²) in [6.07, 6.45) is 0. The van der Waals surface area contributed by atoms with Crippen molar-refractivity contribution in [2.45, 2.75) is 20.4 Å². The number of rotatable bonds is 4. The molecule has 0 aliphatic carbocycles. The molecule has 2 heterocycles. The van der Waals surface area contributed by atoms with Gasteiger partial charge in [-0.15, -0.1) is 0 Å². The predicted octanol–water partition coefficient (Wildman–Crippen LogP) is 4.78. The van der Waals surface area contributed by atoms with Crippen molar-refractivity contribution in [1.82, 2.24) is 19.9 Å². The van der Waals surface area contributed by atoms with Gasteiger partial charge in [0.1, 0.15) is 6.54 Å². The number of fused-ring (bicyclic) bond motifs is 1. The van der Waals surface area contributed by atoms with Gasteiger partial charge in [0.15, 0.2) is 0 Å². The lowest BCUT2D eigenvalue weighted by Gasteiger charge is -2.11. The smallest absolute Gasteiger partial charge is 0.275 e. The minimum atomic E-state index is -0.192. The van der Waals surface area contributed by atoms with Crippen molar-refractivity contribution in [3.05, 3.63) is 100 Å². The Bertz CT molecular complexity index is 1450. The van der Waals surface area contributed by atoms with Crippen molar-refractivity contribution >= 4 is 10.8 Å². The highest BCUT2D eigenvalue weighted by Gasteiger charge is 2.15. The van der Waals surface area contributed by atoms with E-state index in [4.69, 9.17) is 9.62 Å². The molecule has 31 heavy (non-hydrogen) atoms. The second-order valence-corrected chi connectivity index (χ2v) is 7.53. The zero-order valence-corrected chi connectivity index (χ0v) is 17.2. The summed E-state index contributed by atoms with van der Waals surface area (Å²) >= 11 is 0. The molecule has 152 valence electrons. The Morgan fingerprint density at radius 3 is 2.35 bits per heavy atom. The Hall–Kier alpha value is -4.06. The van der Waals surface area contributed by atoms with Gasteiger partial charge in [-0.1, -0.05) is 65.8 Å². The van der Waals surface area contributed by atoms with Crippen LogP contribution in [0.4, 0.5) is 0 Å². The summed E-state index contributed by atoms with van der Waals surface area (Å²) < 4.78 is 6.81. The summed E-state index contributed by atoms with van der Waals surface area (Å²) in [4.78, 5) is 17.6. The van der Waals surface area contributed by atoms with Crippen molar-refractivity contribution in [2.24, 2.45) is 0 Å². The third-order valence-electron chi connectivity index (χ3n) is 5.43. The molecule has 2 aromatic heterocycles. The average molecular weight is 408 g/mol. The van der Waals surface area contributed by atoms with Gasteiger partial charge in [-0.3, -0.25) is 4.79 Å². The van der Waals surface area contributed by atoms with Crippen LogP contribution in [0.2, 0.25) is 0 Å². The first-order chi connectivity index (χ1) is 15.1. The molecule has 0 saturated heterocycles. The molecule has 6 nitrogen and oxygen atoms in total. The Morgan fingerprint density at radius 1 is 0.839 bits per heavy atom. The van der Waals surface area contributed by atoms with Crippen LogP contribution in [0.5, 0.6) is 0 Å². The van der Waals surface area contributed by atoms with Gasteiger partial charge in [-0.25, -0.2) is 4.68 Å². The minimum Gasteiger partial charge on any atom is -0.337 e. The van der Waals surface area contributed by atoms with Crippen LogP contribution >= 0.6 is 0 Å². The number of nitrogens with zero attached hydrogens (tertiary/aromatic N) is 4. The number of aryl methyl sites for hydroxylation is 2. The van der Waals surface area contributed by atoms with Gasteiger partial charge in [0.2, 0.25) is 11.7 Å². The maximum Gasteiger partial charge on any atom is 0.275 e. The van der Waals surface area contributed by atoms with Gasteiger partial charge in [-0.05, 0) is 37.1 Å². The van der Waals surface area contributed by atoms with Crippen LogP contribution in [-0.2, 0) is 6.54 Å². The number of hydrogen-bond donors (Lipinski definition) is 0. The van der Waals surface area contributed by atoms with Gasteiger partial charge < -0.3 is 4.52 Å². The molecular formula is C25H20N4O2. The van der Waals surface area contributed by atoms with Crippen LogP contribution in [-0.4, -0.2) is 19.9 Å². The van der Waals surface area contributed by atoms with Crippen LogP contribution < -0.4 is 5.56 Å². The van der Waals surface area contributed by atoms with E-state index in [0.29, 0.717) is 17.1 Å². The van der Waals surface area contributed by atoms with E-state index >= 15 is 0 Å². The molecule has 6 heteroatoms. The van der Waals surface area contributed by atoms with E-state index in [9.17, 15) is 4.79 Å². The molecule has 0 amide bonds. The highest BCUT2D eigenvalue weighted by atomic mass is 16.5. The molecule has 5 rings (SSSR count). The standard InChI is InChI=1S/C25H20N4O2/c1-16-12-13-19(14-17(16)2)23-20-10-6-7-11-21(20)25(30)29(27-23)15-22-26-24(28-31-22)18-8-4-3-5-9-18/h3-14H,15H2,1-2H3. The summed E-state index contributed by atoms with van der Waals surface area (Å²) in [6, 6.07) is 23.3. The molecule has 0 atom stereocenters. The summed E-state index contributed by atoms with van der Waals surface area (Å²) in [5.41, 5.74) is 4.76. The quantitative estimate of drug-likeness (QED) is 0.428. The molecule has 0 radical (unpaired) electrons. The third-order valence-corrected chi connectivity index (χ3v) is 5.43. The summed E-state index contributed by atoms with van der Waals surface area (Å²) in [7, 11) is 0. The summed E-state index contributed by atoms with van der Waals surface area (Å²) in [5, 5.41) is 10.2. The van der Waals surface area contributed by atoms with E-state index in [1.807, 2.05) is 60.7 Å². The summed E-state index contributed by atoms with van der Waals surface area (Å²) in [5.74, 6) is 0.814. The highest BCUT2D eigenvalue weighted by molar-refractivity contribution is 5.93. The van der Waals surface area contributed by atoms with E-state index in [2.05, 4.69) is 36.1 Å². The van der Waals surface area contributed by atoms with Crippen LogP contribution in [0.25, 0.3) is 33.4 Å². The second kappa shape index (κ2) is 7.65. The van der Waals surface area contributed by atoms with Crippen LogP contribution in [0.3, 0.4) is 0 Å². The fraction of sp³-hybridized carbons (Fsp3) is 0.120. The van der Waals surface area contributed by atoms with Crippen molar-refractivity contribution in [3.63, 3.8) is 0 Å². The average Bonchev–Trinajstić information content (AvgIpc) is 3.27. The minimum absolute atomic E-state index is 0.0986. The Kier molecular flexibility index (Phi) is 4.67. The first-order valence-corrected chi connectivity index (χ1v) is 10.1. The molecule has 0 aliphatic heterocycles. The molecule has 0 spiro atoms. The SMILES string of the molecule is Cc1ccc(-c2nn(Cc3nc(-c4ccccc4)no3)c(=O)c3ccccc23)cc1C. The molecule has 0 unspecified atom stereocenters. The molecule has 0 aliphatic rings. The number of aromatic nitrogens is 4. The Morgan fingerprint density at radius 2 is 1.58 bits per heavy atom. The Labute approximate surface area is 178 Å². The largest absolute Gasteiger partial charge is 0.337 e. The topological polar surface area (TPSA) is 73.8 Å². The zero-order chi connectivity index (χ0) is 21.4. The lowest BCUT2D eigenvalue weighted by molar-refractivity contribution is 0.364. The molecule has 3 aromatic carbocycles. The monoisotopic (exact) mass is 408 g/mol. The van der Waals surface area contributed by atoms with Crippen molar-refractivity contribution < 1.29 is 4.52 Å². The Balaban J connectivity index is 1.61. The molecule has 0 N–H and O–H groups in total. The molecule has 5 aromatic rings. The molecule has 0 fully saturated rings. The van der Waals surface area contributed by atoms with Crippen LogP contribution in [0.1, 0.15) is 17.0 Å². The predicted molar refractivity (Wildman–Crippen MR) is 120 cm³/mol. The fourth-order valence-electron chi connectivity index (χ4n) is 3.60. The van der Waals surface area contributed by atoms with Gasteiger partial charge in [-0.2, -0.15) is 10.1 Å². The van der Waals surface area contributed by atoms with Gasteiger partial charge in [0.25, 0.3) is 5.56 Å². The maximum absolute atomic E-state index is 13.1.